The lowest BCUT2D eigenvalue weighted by molar-refractivity contribution is -0.128. The predicted molar refractivity (Wildman–Crippen MR) is 122 cm³/mol. The van der Waals surface area contributed by atoms with Crippen molar-refractivity contribution in [1.82, 2.24) is 20.4 Å². The van der Waals surface area contributed by atoms with E-state index in [0.717, 1.165) is 61.2 Å². The van der Waals surface area contributed by atoms with Crippen molar-refractivity contribution < 1.29 is 9.59 Å². The third-order valence-corrected chi connectivity index (χ3v) is 6.23. The molecule has 0 bridgehead atoms. The van der Waals surface area contributed by atoms with E-state index in [0.29, 0.717) is 19.5 Å². The average molecular weight is 421 g/mol. The number of hydrogen-bond acceptors (Lipinski definition) is 3. The van der Waals surface area contributed by atoms with E-state index in [4.69, 9.17) is 0 Å². The normalized spacial score (nSPS) is 19.5. The van der Waals surface area contributed by atoms with Crippen LogP contribution in [0.1, 0.15) is 36.8 Å². The zero-order valence-electron chi connectivity index (χ0n) is 18.3. The average Bonchev–Trinajstić information content (AvgIpc) is 3.17. The molecule has 2 aromatic carbocycles. The van der Waals surface area contributed by atoms with Gasteiger partial charge in [0, 0.05) is 38.6 Å². The van der Waals surface area contributed by atoms with Crippen molar-refractivity contribution in [2.45, 2.75) is 44.8 Å². The summed E-state index contributed by atoms with van der Waals surface area (Å²) in [7, 11) is 2.09. The highest BCUT2D eigenvalue weighted by Crippen LogP contribution is 2.25. The molecular formula is C25H32N4O2. The quantitative estimate of drug-likeness (QED) is 0.753. The Hall–Kier alpha value is -2.86. The second-order valence-corrected chi connectivity index (χ2v) is 8.70. The molecule has 164 valence electrons. The fraction of sp³-hybridized carbons (Fsp3) is 0.440. The van der Waals surface area contributed by atoms with E-state index in [1.807, 2.05) is 17.0 Å². The van der Waals surface area contributed by atoms with Crippen molar-refractivity contribution in [2.75, 3.05) is 26.7 Å². The lowest BCUT2D eigenvalue weighted by Gasteiger charge is -2.30. The first-order chi connectivity index (χ1) is 15.1. The maximum atomic E-state index is 12.4. The zero-order chi connectivity index (χ0) is 21.6. The Morgan fingerprint density at radius 1 is 1.06 bits per heavy atom. The summed E-state index contributed by atoms with van der Waals surface area (Å²) in [6.07, 6.45) is 3.78. The molecule has 2 aliphatic heterocycles. The zero-order valence-corrected chi connectivity index (χ0v) is 18.3. The summed E-state index contributed by atoms with van der Waals surface area (Å²) in [5.41, 5.74) is 4.46. The summed E-state index contributed by atoms with van der Waals surface area (Å²) >= 11 is 0. The number of benzene rings is 2. The molecule has 0 aromatic heterocycles. The minimum atomic E-state index is -0.110. The van der Waals surface area contributed by atoms with Crippen molar-refractivity contribution in [3.8, 4) is 11.1 Å². The van der Waals surface area contributed by atoms with Gasteiger partial charge in [0.2, 0.25) is 5.91 Å². The summed E-state index contributed by atoms with van der Waals surface area (Å²) in [6.45, 7) is 4.02. The van der Waals surface area contributed by atoms with Gasteiger partial charge in [-0.25, -0.2) is 4.79 Å². The summed E-state index contributed by atoms with van der Waals surface area (Å²) in [6, 6.07) is 16.7. The second kappa shape index (κ2) is 9.96. The van der Waals surface area contributed by atoms with Crippen molar-refractivity contribution in [3.05, 3.63) is 59.7 Å². The fourth-order valence-corrected chi connectivity index (χ4v) is 4.53. The van der Waals surface area contributed by atoms with Crippen LogP contribution in [0, 0.1) is 0 Å². The number of nitrogens with zero attached hydrogens (tertiary/aromatic N) is 2. The highest BCUT2D eigenvalue weighted by molar-refractivity contribution is 5.78. The molecule has 2 N–H and O–H groups in total. The van der Waals surface area contributed by atoms with Gasteiger partial charge in [-0.1, -0.05) is 48.5 Å². The van der Waals surface area contributed by atoms with Crippen molar-refractivity contribution in [3.63, 3.8) is 0 Å². The first kappa shape index (κ1) is 21.4. The maximum absolute atomic E-state index is 12.4. The van der Waals surface area contributed by atoms with Gasteiger partial charge < -0.3 is 20.4 Å². The van der Waals surface area contributed by atoms with Crippen LogP contribution in [0.4, 0.5) is 4.79 Å². The summed E-state index contributed by atoms with van der Waals surface area (Å²) in [5.74, 6) is 0.249. The number of piperidine rings is 1. The number of urea groups is 1. The highest BCUT2D eigenvalue weighted by atomic mass is 16.2. The minimum Gasteiger partial charge on any atom is -0.338 e. The fourth-order valence-electron chi connectivity index (χ4n) is 4.53. The van der Waals surface area contributed by atoms with E-state index in [1.165, 1.54) is 0 Å². The smallest absolute Gasteiger partial charge is 0.315 e. The third kappa shape index (κ3) is 5.64. The number of amides is 3. The van der Waals surface area contributed by atoms with E-state index < -0.39 is 0 Å². The predicted octanol–water partition coefficient (Wildman–Crippen LogP) is 3.37. The van der Waals surface area contributed by atoms with E-state index in [1.54, 1.807) is 0 Å². The lowest BCUT2D eigenvalue weighted by atomic mass is 9.98. The minimum absolute atomic E-state index is 0.110. The van der Waals surface area contributed by atoms with Gasteiger partial charge in [0.05, 0.1) is 0 Å². The molecule has 4 rings (SSSR count). The van der Waals surface area contributed by atoms with Gasteiger partial charge in [0.1, 0.15) is 0 Å². The van der Waals surface area contributed by atoms with Gasteiger partial charge in [0.25, 0.3) is 0 Å². The Morgan fingerprint density at radius 3 is 2.61 bits per heavy atom. The van der Waals surface area contributed by atoms with Crippen LogP contribution in [0.3, 0.4) is 0 Å². The van der Waals surface area contributed by atoms with Crippen molar-refractivity contribution in [2.24, 2.45) is 0 Å². The van der Waals surface area contributed by atoms with Gasteiger partial charge in [0.15, 0.2) is 0 Å². The Labute approximate surface area is 184 Å². The monoisotopic (exact) mass is 420 g/mol. The topological polar surface area (TPSA) is 64.7 Å². The van der Waals surface area contributed by atoms with Gasteiger partial charge >= 0.3 is 6.03 Å². The van der Waals surface area contributed by atoms with E-state index in [9.17, 15) is 9.59 Å². The molecule has 2 aromatic rings. The Kier molecular flexibility index (Phi) is 6.87. The van der Waals surface area contributed by atoms with Crippen molar-refractivity contribution >= 4 is 11.9 Å². The first-order valence-corrected chi connectivity index (χ1v) is 11.3. The van der Waals surface area contributed by atoms with Crippen LogP contribution in [-0.2, 0) is 17.9 Å². The van der Waals surface area contributed by atoms with Crippen LogP contribution in [0.15, 0.2) is 48.5 Å². The molecule has 0 aliphatic carbocycles. The van der Waals surface area contributed by atoms with Crippen LogP contribution in [0.25, 0.3) is 11.1 Å². The number of carbonyl (C=O) groups excluding carboxylic acids is 2. The summed E-state index contributed by atoms with van der Waals surface area (Å²) in [5, 5.41) is 6.12. The number of rotatable bonds is 6. The molecule has 3 amide bonds. The second-order valence-electron chi connectivity index (χ2n) is 8.70. The molecule has 6 heteroatoms. The molecular weight excluding hydrogens is 388 g/mol. The van der Waals surface area contributed by atoms with E-state index in [2.05, 4.69) is 59.0 Å². The molecule has 2 aliphatic rings. The number of likely N-dealkylation sites (tertiary alicyclic amines) is 2. The molecule has 2 heterocycles. The van der Waals surface area contributed by atoms with Gasteiger partial charge in [-0.3, -0.25) is 4.79 Å². The maximum Gasteiger partial charge on any atom is 0.315 e. The van der Waals surface area contributed by atoms with Crippen LogP contribution < -0.4 is 10.6 Å². The van der Waals surface area contributed by atoms with E-state index >= 15 is 0 Å². The van der Waals surface area contributed by atoms with Crippen LogP contribution in [0.2, 0.25) is 0 Å². The number of hydrogen-bond donors (Lipinski definition) is 2. The molecule has 6 nitrogen and oxygen atoms in total. The largest absolute Gasteiger partial charge is 0.338 e. The summed E-state index contributed by atoms with van der Waals surface area (Å²) in [4.78, 5) is 28.4. The molecule has 0 spiro atoms. The van der Waals surface area contributed by atoms with Gasteiger partial charge in [-0.2, -0.15) is 0 Å². The van der Waals surface area contributed by atoms with Crippen LogP contribution in [0.5, 0.6) is 0 Å². The van der Waals surface area contributed by atoms with Crippen molar-refractivity contribution in [1.29, 1.82) is 0 Å². The SMILES string of the molecule is CN1CCC[C@@H](NC(=O)NCc2ccccc2-c2ccc(CN3CCCC3=O)cc2)C1. The molecule has 31 heavy (non-hydrogen) atoms. The van der Waals surface area contributed by atoms with Crippen LogP contribution >= 0.6 is 0 Å². The Balaban J connectivity index is 1.36. The number of likely N-dealkylation sites (N-methyl/N-ethyl adjacent to an activating group) is 1. The van der Waals surface area contributed by atoms with Crippen LogP contribution in [-0.4, -0.2) is 54.5 Å². The summed E-state index contributed by atoms with van der Waals surface area (Å²) < 4.78 is 0. The standard InChI is InChI=1S/C25H32N4O2/c1-28-14-4-7-22(18-28)27-25(31)26-16-21-6-2-3-8-23(21)20-12-10-19(11-13-20)17-29-15-5-9-24(29)30/h2-3,6,8,10-13,22H,4-5,7,9,14-18H2,1H3,(H2,26,27,31)/t22-/m1/s1. The molecule has 2 fully saturated rings. The molecule has 0 unspecified atom stereocenters. The first-order valence-electron chi connectivity index (χ1n) is 11.3. The third-order valence-electron chi connectivity index (χ3n) is 6.23. The molecule has 0 radical (unpaired) electrons. The molecule has 2 saturated heterocycles. The number of carbonyl (C=O) groups is 2. The Morgan fingerprint density at radius 2 is 1.87 bits per heavy atom. The lowest BCUT2D eigenvalue weighted by Crippen LogP contribution is -2.49. The molecule has 1 atom stereocenters. The highest BCUT2D eigenvalue weighted by Gasteiger charge is 2.20. The van der Waals surface area contributed by atoms with E-state index in [-0.39, 0.29) is 18.0 Å². The Bertz CT molecular complexity index is 912. The van der Waals surface area contributed by atoms with Gasteiger partial charge in [-0.05, 0) is 55.1 Å². The number of nitrogens with one attached hydrogen (secondary N) is 2. The van der Waals surface area contributed by atoms with Gasteiger partial charge in [-0.15, -0.1) is 0 Å². The molecule has 0 saturated carbocycles.